The molecule has 33 heavy (non-hydrogen) atoms. The average molecular weight is 486 g/mol. The Morgan fingerprint density at radius 3 is 2.36 bits per heavy atom. The van der Waals surface area contributed by atoms with E-state index in [1.807, 2.05) is 6.92 Å². The summed E-state index contributed by atoms with van der Waals surface area (Å²) in [5.74, 6) is -0.330. The lowest BCUT2D eigenvalue weighted by atomic mass is 10.1. The number of rotatable bonds is 10. The second-order valence-electron chi connectivity index (χ2n) is 7.85. The second-order valence-corrected chi connectivity index (χ2v) is 11.0. The summed E-state index contributed by atoms with van der Waals surface area (Å²) in [5, 5.41) is 3.32. The number of Topliss-reactive ketones (excluding diaryl/α,β-unsaturated/α-hetero) is 1. The maximum atomic E-state index is 12.7. The van der Waals surface area contributed by atoms with E-state index in [0.29, 0.717) is 17.1 Å². The third kappa shape index (κ3) is 6.80. The van der Waals surface area contributed by atoms with Crippen LogP contribution in [-0.2, 0) is 21.2 Å². The van der Waals surface area contributed by atoms with Crippen LogP contribution in [0.15, 0.2) is 59.6 Å². The molecule has 7 nitrogen and oxygen atoms in total. The Hall–Kier alpha value is -2.88. The van der Waals surface area contributed by atoms with Gasteiger partial charge in [0, 0.05) is 43.1 Å². The number of carbonyl (C=O) groups excluding carboxylic acids is 2. The predicted molar refractivity (Wildman–Crippen MR) is 130 cm³/mol. The monoisotopic (exact) mass is 485 g/mol. The minimum atomic E-state index is -3.69. The number of benzene rings is 2. The average Bonchev–Trinajstić information content (AvgIpc) is 3.21. The molecule has 1 aromatic heterocycles. The van der Waals surface area contributed by atoms with Gasteiger partial charge in [0.1, 0.15) is 0 Å². The van der Waals surface area contributed by atoms with Crippen molar-refractivity contribution in [3.05, 3.63) is 76.3 Å². The first-order valence-electron chi connectivity index (χ1n) is 10.5. The number of carbonyl (C=O) groups is 2. The molecule has 0 aliphatic heterocycles. The van der Waals surface area contributed by atoms with E-state index in [9.17, 15) is 18.0 Å². The molecule has 1 heterocycles. The summed E-state index contributed by atoms with van der Waals surface area (Å²) >= 11 is 1.43. The van der Waals surface area contributed by atoms with E-state index in [4.69, 9.17) is 0 Å². The SMILES string of the molecule is CC(=O)c1ccc(S(=O)(=O)N(C)CCCC(=O)Nc2ncc(Cc3ccc(C)cc3)s2)cc1. The number of aromatic nitrogens is 1. The van der Waals surface area contributed by atoms with Crippen molar-refractivity contribution in [2.75, 3.05) is 18.9 Å². The summed E-state index contributed by atoms with van der Waals surface area (Å²) in [4.78, 5) is 29.1. The van der Waals surface area contributed by atoms with Crippen LogP contribution < -0.4 is 5.32 Å². The van der Waals surface area contributed by atoms with Crippen molar-refractivity contribution in [3.8, 4) is 0 Å². The number of ketones is 1. The van der Waals surface area contributed by atoms with Gasteiger partial charge >= 0.3 is 0 Å². The first-order valence-corrected chi connectivity index (χ1v) is 12.8. The van der Waals surface area contributed by atoms with Crippen molar-refractivity contribution in [3.63, 3.8) is 0 Å². The smallest absolute Gasteiger partial charge is 0.242 e. The number of nitrogens with one attached hydrogen (secondary N) is 1. The molecule has 0 bridgehead atoms. The highest BCUT2D eigenvalue weighted by Crippen LogP contribution is 2.22. The Labute approximate surface area is 198 Å². The number of amides is 1. The molecule has 0 saturated heterocycles. The van der Waals surface area contributed by atoms with Crippen molar-refractivity contribution in [2.45, 2.75) is 38.0 Å². The molecule has 174 valence electrons. The van der Waals surface area contributed by atoms with Crippen LogP contribution in [0.3, 0.4) is 0 Å². The number of anilines is 1. The van der Waals surface area contributed by atoms with Crippen molar-refractivity contribution in [1.29, 1.82) is 0 Å². The van der Waals surface area contributed by atoms with Crippen LogP contribution in [-0.4, -0.2) is 43.0 Å². The van der Waals surface area contributed by atoms with Crippen molar-refractivity contribution in [2.24, 2.45) is 0 Å². The van der Waals surface area contributed by atoms with Crippen LogP contribution in [0.1, 0.15) is 46.1 Å². The molecule has 2 aromatic carbocycles. The van der Waals surface area contributed by atoms with Crippen LogP contribution in [0, 0.1) is 6.92 Å². The third-order valence-corrected chi connectivity index (χ3v) is 7.93. The topological polar surface area (TPSA) is 96.4 Å². The second kappa shape index (κ2) is 10.8. The summed E-state index contributed by atoms with van der Waals surface area (Å²) < 4.78 is 26.6. The van der Waals surface area contributed by atoms with Gasteiger partial charge in [0.25, 0.3) is 0 Å². The molecule has 3 rings (SSSR count). The van der Waals surface area contributed by atoms with E-state index in [2.05, 4.69) is 34.6 Å². The number of hydrogen-bond donors (Lipinski definition) is 1. The zero-order chi connectivity index (χ0) is 24.0. The molecular weight excluding hydrogens is 458 g/mol. The molecule has 0 fully saturated rings. The van der Waals surface area contributed by atoms with Crippen molar-refractivity contribution >= 4 is 38.2 Å². The molecular formula is C24H27N3O4S2. The zero-order valence-corrected chi connectivity index (χ0v) is 20.5. The molecule has 0 unspecified atom stereocenters. The zero-order valence-electron chi connectivity index (χ0n) is 18.9. The summed E-state index contributed by atoms with van der Waals surface area (Å²) in [5.41, 5.74) is 2.85. The van der Waals surface area contributed by atoms with Gasteiger partial charge in [0.2, 0.25) is 15.9 Å². The van der Waals surface area contributed by atoms with Crippen LogP contribution >= 0.6 is 11.3 Å². The predicted octanol–water partition coefficient (Wildman–Crippen LogP) is 4.28. The Morgan fingerprint density at radius 1 is 1.06 bits per heavy atom. The van der Waals surface area contributed by atoms with E-state index < -0.39 is 10.0 Å². The molecule has 0 atom stereocenters. The van der Waals surface area contributed by atoms with Crippen molar-refractivity contribution < 1.29 is 18.0 Å². The molecule has 1 N–H and O–H groups in total. The fourth-order valence-electron chi connectivity index (χ4n) is 3.16. The Balaban J connectivity index is 1.47. The molecule has 0 aliphatic rings. The minimum Gasteiger partial charge on any atom is -0.302 e. The summed E-state index contributed by atoms with van der Waals surface area (Å²) in [7, 11) is -2.21. The minimum absolute atomic E-state index is 0.114. The van der Waals surface area contributed by atoms with E-state index in [1.54, 1.807) is 6.20 Å². The van der Waals surface area contributed by atoms with Gasteiger partial charge in [-0.3, -0.25) is 9.59 Å². The van der Waals surface area contributed by atoms with Gasteiger partial charge in [-0.25, -0.2) is 17.7 Å². The number of hydrogen-bond acceptors (Lipinski definition) is 6. The van der Waals surface area contributed by atoms with Crippen LogP contribution in [0.5, 0.6) is 0 Å². The van der Waals surface area contributed by atoms with Gasteiger partial charge in [0.15, 0.2) is 10.9 Å². The van der Waals surface area contributed by atoms with Gasteiger partial charge in [0.05, 0.1) is 4.90 Å². The fraction of sp³-hybridized carbons (Fsp3) is 0.292. The Bertz CT molecular complexity index is 1220. The van der Waals surface area contributed by atoms with Gasteiger partial charge in [-0.15, -0.1) is 11.3 Å². The number of aryl methyl sites for hydroxylation is 1. The number of sulfonamides is 1. The Kier molecular flexibility index (Phi) is 8.12. The van der Waals surface area contributed by atoms with Crippen LogP contribution in [0.2, 0.25) is 0 Å². The van der Waals surface area contributed by atoms with E-state index in [1.165, 1.54) is 65.0 Å². The van der Waals surface area contributed by atoms with Gasteiger partial charge in [-0.1, -0.05) is 42.0 Å². The summed E-state index contributed by atoms with van der Waals surface area (Å²) in [6.45, 7) is 3.67. The third-order valence-electron chi connectivity index (χ3n) is 5.14. The van der Waals surface area contributed by atoms with Crippen LogP contribution in [0.4, 0.5) is 5.13 Å². The van der Waals surface area contributed by atoms with Gasteiger partial charge < -0.3 is 5.32 Å². The van der Waals surface area contributed by atoms with Crippen molar-refractivity contribution in [1.82, 2.24) is 9.29 Å². The van der Waals surface area contributed by atoms with Crippen LogP contribution in [0.25, 0.3) is 0 Å². The lowest BCUT2D eigenvalue weighted by molar-refractivity contribution is -0.116. The number of nitrogens with zero attached hydrogens (tertiary/aromatic N) is 2. The first kappa shape index (κ1) is 24.8. The lowest BCUT2D eigenvalue weighted by Gasteiger charge is -2.17. The quantitative estimate of drug-likeness (QED) is 0.432. The molecule has 9 heteroatoms. The van der Waals surface area contributed by atoms with Gasteiger partial charge in [-0.05, 0) is 38.0 Å². The molecule has 0 radical (unpaired) electrons. The highest BCUT2D eigenvalue weighted by Gasteiger charge is 2.21. The first-order chi connectivity index (χ1) is 15.6. The fourth-order valence-corrected chi connectivity index (χ4v) is 5.23. The van der Waals surface area contributed by atoms with E-state index in [-0.39, 0.29) is 29.6 Å². The van der Waals surface area contributed by atoms with E-state index >= 15 is 0 Å². The maximum Gasteiger partial charge on any atom is 0.242 e. The molecule has 3 aromatic rings. The number of thiazole rings is 1. The normalized spacial score (nSPS) is 11.5. The van der Waals surface area contributed by atoms with E-state index in [0.717, 1.165) is 11.3 Å². The highest BCUT2D eigenvalue weighted by molar-refractivity contribution is 7.89. The van der Waals surface area contributed by atoms with Gasteiger partial charge in [-0.2, -0.15) is 0 Å². The standard InChI is InChI=1S/C24H27N3O4S2/c1-17-6-8-19(9-7-17)15-21-16-25-24(32-21)26-23(29)5-4-14-27(3)33(30,31)22-12-10-20(11-13-22)18(2)28/h6-13,16H,4-5,14-15H2,1-3H3,(H,25,26,29). The summed E-state index contributed by atoms with van der Waals surface area (Å²) in [6, 6.07) is 14.1. The molecule has 0 aliphatic carbocycles. The largest absolute Gasteiger partial charge is 0.302 e. The maximum absolute atomic E-state index is 12.7. The highest BCUT2D eigenvalue weighted by atomic mass is 32.2. The summed E-state index contributed by atoms with van der Waals surface area (Å²) in [6.07, 6.45) is 3.06. The molecule has 0 spiro atoms. The lowest BCUT2D eigenvalue weighted by Crippen LogP contribution is -2.28. The molecule has 0 saturated carbocycles. The molecule has 1 amide bonds. The Morgan fingerprint density at radius 2 is 1.73 bits per heavy atom.